The molecule has 1 fully saturated rings. The number of benzene rings is 1. The van der Waals surface area contributed by atoms with Crippen molar-refractivity contribution in [2.24, 2.45) is 0 Å². The minimum absolute atomic E-state index is 0.0391. The Bertz CT molecular complexity index is 470. The molecule has 1 aromatic carbocycles. The van der Waals surface area contributed by atoms with E-state index in [9.17, 15) is 4.79 Å². The molecule has 0 saturated carbocycles. The predicted octanol–water partition coefficient (Wildman–Crippen LogP) is 1.17. The van der Waals surface area contributed by atoms with E-state index in [4.69, 9.17) is 9.47 Å². The van der Waals surface area contributed by atoms with E-state index in [0.717, 1.165) is 42.9 Å². The van der Waals surface area contributed by atoms with Gasteiger partial charge < -0.3 is 20.1 Å². The van der Waals surface area contributed by atoms with Crippen LogP contribution in [0.25, 0.3) is 0 Å². The van der Waals surface area contributed by atoms with Gasteiger partial charge in [-0.2, -0.15) is 0 Å². The summed E-state index contributed by atoms with van der Waals surface area (Å²) in [6.07, 6.45) is 3.20. The Morgan fingerprint density at radius 3 is 3.05 bits per heavy atom. The van der Waals surface area contributed by atoms with E-state index in [2.05, 4.69) is 10.6 Å². The molecule has 1 aromatic rings. The van der Waals surface area contributed by atoms with Crippen LogP contribution >= 0.6 is 0 Å². The highest BCUT2D eigenvalue weighted by molar-refractivity contribution is 5.81. The SMILES string of the molecule is O=C(NCc1ccc2c(c1)OCO2)[C@@H]1CCCCN1. The summed E-state index contributed by atoms with van der Waals surface area (Å²) in [5, 5.41) is 6.20. The number of piperidine rings is 1. The van der Waals surface area contributed by atoms with Crippen LogP contribution in [0.15, 0.2) is 18.2 Å². The molecule has 1 atom stereocenters. The zero-order chi connectivity index (χ0) is 13.1. The summed E-state index contributed by atoms with van der Waals surface area (Å²) < 4.78 is 10.6. The standard InChI is InChI=1S/C14H18N2O3/c17-14(11-3-1-2-6-15-11)16-8-10-4-5-12-13(7-10)19-9-18-12/h4-5,7,11,15H,1-3,6,8-9H2,(H,16,17)/t11-/m0/s1. The highest BCUT2D eigenvalue weighted by atomic mass is 16.7. The molecule has 2 N–H and O–H groups in total. The van der Waals surface area contributed by atoms with Gasteiger partial charge in [0.05, 0.1) is 6.04 Å². The summed E-state index contributed by atoms with van der Waals surface area (Å²) in [5.74, 6) is 1.60. The Morgan fingerprint density at radius 2 is 2.21 bits per heavy atom. The fraction of sp³-hybridized carbons (Fsp3) is 0.500. The Labute approximate surface area is 112 Å². The van der Waals surface area contributed by atoms with E-state index in [1.54, 1.807) is 0 Å². The van der Waals surface area contributed by atoms with Gasteiger partial charge in [-0.1, -0.05) is 12.5 Å². The first kappa shape index (κ1) is 12.3. The first-order valence-electron chi connectivity index (χ1n) is 6.72. The van der Waals surface area contributed by atoms with Crippen molar-refractivity contribution in [3.05, 3.63) is 23.8 Å². The van der Waals surface area contributed by atoms with Crippen molar-refractivity contribution >= 4 is 5.91 Å². The molecule has 0 bridgehead atoms. The lowest BCUT2D eigenvalue weighted by Gasteiger charge is -2.22. The number of carbonyl (C=O) groups excluding carboxylic acids is 1. The number of hydrogen-bond donors (Lipinski definition) is 2. The van der Waals surface area contributed by atoms with E-state index >= 15 is 0 Å². The van der Waals surface area contributed by atoms with Gasteiger partial charge in [0.1, 0.15) is 0 Å². The third-order valence-electron chi connectivity index (χ3n) is 3.53. The van der Waals surface area contributed by atoms with E-state index < -0.39 is 0 Å². The lowest BCUT2D eigenvalue weighted by atomic mass is 10.0. The minimum Gasteiger partial charge on any atom is -0.454 e. The third-order valence-corrected chi connectivity index (χ3v) is 3.53. The Morgan fingerprint density at radius 1 is 1.32 bits per heavy atom. The van der Waals surface area contributed by atoms with Crippen LogP contribution in [-0.4, -0.2) is 25.3 Å². The maximum Gasteiger partial charge on any atom is 0.237 e. The summed E-state index contributed by atoms with van der Waals surface area (Å²) in [4.78, 5) is 12.0. The van der Waals surface area contributed by atoms with Crippen LogP contribution < -0.4 is 20.1 Å². The largest absolute Gasteiger partial charge is 0.454 e. The van der Waals surface area contributed by atoms with Crippen LogP contribution in [0, 0.1) is 0 Å². The molecule has 1 amide bonds. The van der Waals surface area contributed by atoms with Crippen LogP contribution in [0.1, 0.15) is 24.8 Å². The summed E-state index contributed by atoms with van der Waals surface area (Å²) in [6, 6.07) is 5.70. The monoisotopic (exact) mass is 262 g/mol. The Kier molecular flexibility index (Phi) is 3.55. The molecule has 0 radical (unpaired) electrons. The van der Waals surface area contributed by atoms with Crippen molar-refractivity contribution in [2.45, 2.75) is 31.8 Å². The molecule has 1 saturated heterocycles. The Hall–Kier alpha value is -1.75. The molecule has 5 heteroatoms. The van der Waals surface area contributed by atoms with Crippen LogP contribution in [-0.2, 0) is 11.3 Å². The zero-order valence-electron chi connectivity index (χ0n) is 10.8. The van der Waals surface area contributed by atoms with Crippen molar-refractivity contribution in [3.8, 4) is 11.5 Å². The van der Waals surface area contributed by atoms with Crippen LogP contribution in [0.3, 0.4) is 0 Å². The molecule has 5 nitrogen and oxygen atoms in total. The number of nitrogens with one attached hydrogen (secondary N) is 2. The van der Waals surface area contributed by atoms with Crippen molar-refractivity contribution in [1.82, 2.24) is 10.6 Å². The number of ether oxygens (including phenoxy) is 2. The van der Waals surface area contributed by atoms with Crippen molar-refractivity contribution < 1.29 is 14.3 Å². The van der Waals surface area contributed by atoms with Gasteiger partial charge in [0.15, 0.2) is 11.5 Å². The van der Waals surface area contributed by atoms with Crippen LogP contribution in [0.5, 0.6) is 11.5 Å². The first-order chi connectivity index (χ1) is 9.33. The second-order valence-corrected chi connectivity index (χ2v) is 4.91. The van der Waals surface area contributed by atoms with Gasteiger partial charge in [-0.05, 0) is 37.1 Å². The zero-order valence-corrected chi connectivity index (χ0v) is 10.8. The molecule has 102 valence electrons. The lowest BCUT2D eigenvalue weighted by molar-refractivity contribution is -0.123. The predicted molar refractivity (Wildman–Crippen MR) is 70.1 cm³/mol. The molecule has 0 unspecified atom stereocenters. The minimum atomic E-state index is -0.0391. The van der Waals surface area contributed by atoms with Gasteiger partial charge in [-0.25, -0.2) is 0 Å². The molecule has 2 heterocycles. The fourth-order valence-corrected chi connectivity index (χ4v) is 2.44. The number of fused-ring (bicyclic) bond motifs is 1. The molecule has 0 spiro atoms. The smallest absolute Gasteiger partial charge is 0.237 e. The van der Waals surface area contributed by atoms with Gasteiger partial charge >= 0.3 is 0 Å². The molecular weight excluding hydrogens is 244 g/mol. The molecule has 0 aromatic heterocycles. The summed E-state index contributed by atoms with van der Waals surface area (Å²) in [7, 11) is 0. The van der Waals surface area contributed by atoms with Gasteiger partial charge in [-0.15, -0.1) is 0 Å². The van der Waals surface area contributed by atoms with Gasteiger partial charge in [0.25, 0.3) is 0 Å². The topological polar surface area (TPSA) is 59.6 Å². The van der Waals surface area contributed by atoms with E-state index in [-0.39, 0.29) is 18.7 Å². The lowest BCUT2D eigenvalue weighted by Crippen LogP contribution is -2.46. The Balaban J connectivity index is 1.55. The number of rotatable bonds is 3. The van der Waals surface area contributed by atoms with Gasteiger partial charge in [0.2, 0.25) is 12.7 Å². The van der Waals surface area contributed by atoms with Gasteiger partial charge in [-0.3, -0.25) is 4.79 Å². The number of hydrogen-bond acceptors (Lipinski definition) is 4. The quantitative estimate of drug-likeness (QED) is 0.858. The summed E-state index contributed by atoms with van der Waals surface area (Å²) in [6.45, 7) is 1.73. The summed E-state index contributed by atoms with van der Waals surface area (Å²) >= 11 is 0. The number of carbonyl (C=O) groups is 1. The summed E-state index contributed by atoms with van der Waals surface area (Å²) in [5.41, 5.74) is 1.02. The van der Waals surface area contributed by atoms with E-state index in [1.165, 1.54) is 0 Å². The highest BCUT2D eigenvalue weighted by Crippen LogP contribution is 2.32. The van der Waals surface area contributed by atoms with E-state index in [1.807, 2.05) is 18.2 Å². The van der Waals surface area contributed by atoms with Crippen molar-refractivity contribution in [3.63, 3.8) is 0 Å². The van der Waals surface area contributed by atoms with Crippen molar-refractivity contribution in [1.29, 1.82) is 0 Å². The molecule has 2 aliphatic heterocycles. The van der Waals surface area contributed by atoms with Crippen LogP contribution in [0.2, 0.25) is 0 Å². The second-order valence-electron chi connectivity index (χ2n) is 4.91. The van der Waals surface area contributed by atoms with Gasteiger partial charge in [0, 0.05) is 6.54 Å². The average molecular weight is 262 g/mol. The van der Waals surface area contributed by atoms with E-state index in [0.29, 0.717) is 6.54 Å². The first-order valence-corrected chi connectivity index (χ1v) is 6.72. The third kappa shape index (κ3) is 2.81. The second kappa shape index (κ2) is 5.48. The van der Waals surface area contributed by atoms with Crippen LogP contribution in [0.4, 0.5) is 0 Å². The fourth-order valence-electron chi connectivity index (χ4n) is 2.44. The highest BCUT2D eigenvalue weighted by Gasteiger charge is 2.20. The molecule has 0 aliphatic carbocycles. The number of amides is 1. The molecular formula is C14H18N2O3. The van der Waals surface area contributed by atoms with Crippen molar-refractivity contribution in [2.75, 3.05) is 13.3 Å². The molecule has 3 rings (SSSR count). The molecule has 2 aliphatic rings. The maximum atomic E-state index is 12.0. The normalized spacial score (nSPS) is 21.2. The average Bonchev–Trinajstić information content (AvgIpc) is 2.93. The maximum absolute atomic E-state index is 12.0. The molecule has 19 heavy (non-hydrogen) atoms.